The van der Waals surface area contributed by atoms with E-state index < -0.39 is 10.0 Å². The number of hydrogen-bond acceptors (Lipinski definition) is 4. The molecule has 0 N–H and O–H groups in total. The van der Waals surface area contributed by atoms with Gasteiger partial charge in [-0.15, -0.1) is 0 Å². The normalized spacial score (nSPS) is 20.8. The van der Waals surface area contributed by atoms with Crippen LogP contribution in [0.5, 0.6) is 0 Å². The molecule has 24 heavy (non-hydrogen) atoms. The van der Waals surface area contributed by atoms with E-state index in [-0.39, 0.29) is 30.7 Å². The fraction of sp³-hybridized carbons (Fsp3) is 0.529. The van der Waals surface area contributed by atoms with E-state index in [1.807, 2.05) is 19.1 Å². The molecule has 3 rings (SSSR count). The average Bonchev–Trinajstić information content (AvgIpc) is 2.88. The molecule has 0 radical (unpaired) electrons. The zero-order valence-corrected chi connectivity index (χ0v) is 14.8. The van der Waals surface area contributed by atoms with Crippen LogP contribution in [0.25, 0.3) is 0 Å². The molecule has 2 fully saturated rings. The van der Waals surface area contributed by atoms with Crippen molar-refractivity contribution < 1.29 is 18.0 Å². The third-order valence-electron chi connectivity index (χ3n) is 4.84. The van der Waals surface area contributed by atoms with Gasteiger partial charge in [0.25, 0.3) is 0 Å². The summed E-state index contributed by atoms with van der Waals surface area (Å²) in [5, 5.41) is 0. The Hall–Kier alpha value is -1.73. The van der Waals surface area contributed by atoms with Crippen LogP contribution >= 0.6 is 0 Å². The number of imide groups is 1. The second-order valence-electron chi connectivity index (χ2n) is 6.56. The third-order valence-corrected chi connectivity index (χ3v) is 6.88. The maximum atomic E-state index is 12.9. The molecule has 7 heteroatoms. The molecular formula is C17H22N2O4S. The highest BCUT2D eigenvalue weighted by Crippen LogP contribution is 2.28. The summed E-state index contributed by atoms with van der Waals surface area (Å²) in [5.74, 6) is -0.258. The second-order valence-corrected chi connectivity index (χ2v) is 8.47. The average molecular weight is 350 g/mol. The smallest absolute Gasteiger partial charge is 0.243 e. The minimum atomic E-state index is -3.54. The van der Waals surface area contributed by atoms with Gasteiger partial charge in [0.1, 0.15) is 0 Å². The van der Waals surface area contributed by atoms with Crippen LogP contribution in [-0.2, 0) is 19.6 Å². The zero-order valence-electron chi connectivity index (χ0n) is 14.0. The molecule has 0 unspecified atom stereocenters. The second kappa shape index (κ2) is 6.29. The van der Waals surface area contributed by atoms with E-state index in [9.17, 15) is 18.0 Å². The predicted molar refractivity (Wildman–Crippen MR) is 88.8 cm³/mol. The number of hydrogen-bond donors (Lipinski definition) is 0. The number of carbonyl (C=O) groups is 2. The van der Waals surface area contributed by atoms with Gasteiger partial charge in [0.15, 0.2) is 0 Å². The highest BCUT2D eigenvalue weighted by molar-refractivity contribution is 7.89. The molecular weight excluding hydrogens is 328 g/mol. The van der Waals surface area contributed by atoms with Gasteiger partial charge in [0, 0.05) is 32.0 Å². The van der Waals surface area contributed by atoms with Crippen LogP contribution in [0.2, 0.25) is 0 Å². The monoisotopic (exact) mass is 350 g/mol. The Balaban J connectivity index is 1.75. The fourth-order valence-electron chi connectivity index (χ4n) is 3.47. The Morgan fingerprint density at radius 1 is 1.00 bits per heavy atom. The first-order chi connectivity index (χ1) is 11.3. The summed E-state index contributed by atoms with van der Waals surface area (Å²) < 4.78 is 27.3. The lowest BCUT2D eigenvalue weighted by Crippen LogP contribution is -2.48. The topological polar surface area (TPSA) is 74.8 Å². The Bertz CT molecular complexity index is 764. The first-order valence-corrected chi connectivity index (χ1v) is 9.67. The maximum Gasteiger partial charge on any atom is 0.243 e. The van der Waals surface area contributed by atoms with Crippen LogP contribution < -0.4 is 0 Å². The molecule has 2 amide bonds. The number of aryl methyl sites for hydroxylation is 2. The van der Waals surface area contributed by atoms with Crippen molar-refractivity contribution >= 4 is 21.8 Å². The predicted octanol–water partition coefficient (Wildman–Crippen LogP) is 1.61. The van der Waals surface area contributed by atoms with E-state index in [4.69, 9.17) is 0 Å². The molecule has 1 aromatic carbocycles. The Labute approximate surface area is 142 Å². The largest absolute Gasteiger partial charge is 0.279 e. The van der Waals surface area contributed by atoms with Crippen molar-refractivity contribution in [1.82, 2.24) is 9.21 Å². The summed E-state index contributed by atoms with van der Waals surface area (Å²) in [6.45, 7) is 4.32. The van der Waals surface area contributed by atoms with Crippen LogP contribution in [0, 0.1) is 13.8 Å². The van der Waals surface area contributed by atoms with Gasteiger partial charge < -0.3 is 0 Å². The zero-order chi connectivity index (χ0) is 17.5. The van der Waals surface area contributed by atoms with E-state index in [1.165, 1.54) is 9.21 Å². The highest BCUT2D eigenvalue weighted by Gasteiger charge is 2.38. The highest BCUT2D eigenvalue weighted by atomic mass is 32.2. The molecule has 0 spiro atoms. The van der Waals surface area contributed by atoms with Crippen LogP contribution in [0.4, 0.5) is 0 Å². The van der Waals surface area contributed by atoms with Gasteiger partial charge in [-0.1, -0.05) is 12.1 Å². The third kappa shape index (κ3) is 2.98. The summed E-state index contributed by atoms with van der Waals surface area (Å²) >= 11 is 0. The van der Waals surface area contributed by atoms with E-state index in [0.29, 0.717) is 30.8 Å². The van der Waals surface area contributed by atoms with Crippen molar-refractivity contribution in [2.45, 2.75) is 50.5 Å². The van der Waals surface area contributed by atoms with Gasteiger partial charge in [0.05, 0.1) is 4.90 Å². The number of amides is 2. The number of carbonyl (C=O) groups excluding carboxylic acids is 2. The molecule has 130 valence electrons. The van der Waals surface area contributed by atoms with Gasteiger partial charge in [-0.25, -0.2) is 8.42 Å². The Morgan fingerprint density at radius 3 is 2.17 bits per heavy atom. The number of nitrogens with zero attached hydrogens (tertiary/aromatic N) is 2. The summed E-state index contributed by atoms with van der Waals surface area (Å²) in [5.41, 5.74) is 1.63. The Kier molecular flexibility index (Phi) is 4.48. The molecule has 2 heterocycles. The SMILES string of the molecule is Cc1ccc(C)c(S(=O)(=O)N2CCC(N3C(=O)CCC3=O)CC2)c1. The van der Waals surface area contributed by atoms with Gasteiger partial charge in [-0.05, 0) is 43.9 Å². The number of piperidine rings is 1. The van der Waals surface area contributed by atoms with E-state index in [0.717, 1.165) is 11.1 Å². The van der Waals surface area contributed by atoms with Crippen LogP contribution in [0.3, 0.4) is 0 Å². The molecule has 2 saturated heterocycles. The van der Waals surface area contributed by atoms with E-state index >= 15 is 0 Å². The molecule has 0 aromatic heterocycles. The van der Waals surface area contributed by atoms with Gasteiger partial charge in [-0.3, -0.25) is 14.5 Å². The van der Waals surface area contributed by atoms with Crippen molar-refractivity contribution in [2.75, 3.05) is 13.1 Å². The fourth-order valence-corrected chi connectivity index (χ4v) is 5.25. The molecule has 0 bridgehead atoms. The minimum Gasteiger partial charge on any atom is -0.279 e. The van der Waals surface area contributed by atoms with Crippen LogP contribution in [0.15, 0.2) is 23.1 Å². The number of rotatable bonds is 3. The van der Waals surface area contributed by atoms with E-state index in [2.05, 4.69) is 0 Å². The van der Waals surface area contributed by atoms with Crippen molar-refractivity contribution in [3.8, 4) is 0 Å². The lowest BCUT2D eigenvalue weighted by Gasteiger charge is -2.35. The summed E-state index contributed by atoms with van der Waals surface area (Å²) in [7, 11) is -3.54. The standard InChI is InChI=1S/C17H22N2O4S/c1-12-3-4-13(2)15(11-12)24(22,23)18-9-7-14(8-10-18)19-16(20)5-6-17(19)21/h3-4,11,14H,5-10H2,1-2H3. The molecule has 2 aliphatic heterocycles. The molecule has 0 aliphatic carbocycles. The summed E-state index contributed by atoms with van der Waals surface area (Å²) in [4.78, 5) is 25.4. The number of sulfonamides is 1. The lowest BCUT2D eigenvalue weighted by atomic mass is 10.1. The van der Waals surface area contributed by atoms with Crippen molar-refractivity contribution in [2.24, 2.45) is 0 Å². The van der Waals surface area contributed by atoms with Gasteiger partial charge >= 0.3 is 0 Å². The van der Waals surface area contributed by atoms with Gasteiger partial charge in [0.2, 0.25) is 21.8 Å². The van der Waals surface area contributed by atoms with Crippen molar-refractivity contribution in [1.29, 1.82) is 0 Å². The van der Waals surface area contributed by atoms with E-state index in [1.54, 1.807) is 13.0 Å². The summed E-state index contributed by atoms with van der Waals surface area (Å²) in [6.07, 6.45) is 1.56. The first kappa shape index (κ1) is 17.1. The number of benzene rings is 1. The molecule has 6 nitrogen and oxygen atoms in total. The quantitative estimate of drug-likeness (QED) is 0.776. The van der Waals surface area contributed by atoms with Crippen molar-refractivity contribution in [3.05, 3.63) is 29.3 Å². The van der Waals surface area contributed by atoms with Crippen LogP contribution in [0.1, 0.15) is 36.8 Å². The molecule has 0 saturated carbocycles. The van der Waals surface area contributed by atoms with Crippen molar-refractivity contribution in [3.63, 3.8) is 0 Å². The maximum absolute atomic E-state index is 12.9. The first-order valence-electron chi connectivity index (χ1n) is 8.23. The summed E-state index contributed by atoms with van der Waals surface area (Å²) in [6, 6.07) is 5.24. The minimum absolute atomic E-state index is 0.129. The Morgan fingerprint density at radius 2 is 1.58 bits per heavy atom. The molecule has 0 atom stereocenters. The molecule has 2 aliphatic rings. The molecule has 1 aromatic rings. The lowest BCUT2D eigenvalue weighted by molar-refractivity contribution is -0.141. The van der Waals surface area contributed by atoms with Gasteiger partial charge in [-0.2, -0.15) is 4.31 Å². The number of likely N-dealkylation sites (tertiary alicyclic amines) is 1. The van der Waals surface area contributed by atoms with Crippen LogP contribution in [-0.4, -0.2) is 48.6 Å².